The van der Waals surface area contributed by atoms with Gasteiger partial charge in [-0.1, -0.05) is 12.1 Å². The van der Waals surface area contributed by atoms with Crippen molar-refractivity contribution in [2.45, 2.75) is 12.3 Å². The van der Waals surface area contributed by atoms with Crippen molar-refractivity contribution in [1.29, 1.82) is 0 Å². The van der Waals surface area contributed by atoms with E-state index >= 15 is 0 Å². The Kier molecular flexibility index (Phi) is 5.89. The van der Waals surface area contributed by atoms with E-state index in [1.165, 1.54) is 12.1 Å². The predicted octanol–water partition coefficient (Wildman–Crippen LogP) is 3.16. The van der Waals surface area contributed by atoms with E-state index in [9.17, 15) is 14.9 Å². The number of amides is 1. The lowest BCUT2D eigenvalue weighted by atomic mass is 10.2. The summed E-state index contributed by atoms with van der Waals surface area (Å²) in [7, 11) is 0. The molecule has 1 amide bonds. The lowest BCUT2D eigenvalue weighted by Crippen LogP contribution is -2.49. The molecule has 9 heteroatoms. The van der Waals surface area contributed by atoms with E-state index < -0.39 is 4.92 Å². The highest BCUT2D eigenvalue weighted by molar-refractivity contribution is 7.97. The summed E-state index contributed by atoms with van der Waals surface area (Å²) in [6.45, 7) is 2.94. The van der Waals surface area contributed by atoms with Crippen LogP contribution in [0.3, 0.4) is 0 Å². The molecule has 1 aromatic heterocycles. The number of carbonyl (C=O) groups excluding carboxylic acids is 1. The Morgan fingerprint density at radius 2 is 1.80 bits per heavy atom. The number of rotatable bonds is 6. The lowest BCUT2D eigenvalue weighted by Gasteiger charge is -2.36. The van der Waals surface area contributed by atoms with Crippen molar-refractivity contribution in [3.63, 3.8) is 0 Å². The van der Waals surface area contributed by atoms with Gasteiger partial charge in [-0.3, -0.25) is 14.9 Å². The molecule has 2 aromatic carbocycles. The number of benzene rings is 2. The average Bonchev–Trinajstić information content (AvgIpc) is 3.11. The first kappa shape index (κ1) is 20.2. The summed E-state index contributed by atoms with van der Waals surface area (Å²) in [5, 5.41) is 10.8. The highest BCUT2D eigenvalue weighted by atomic mass is 32.2. The molecule has 4 rings (SSSR count). The summed E-state index contributed by atoms with van der Waals surface area (Å²) in [6.07, 6.45) is 2.03. The Morgan fingerprint density at radius 1 is 1.10 bits per heavy atom. The van der Waals surface area contributed by atoms with Gasteiger partial charge in [-0.2, -0.15) is 11.8 Å². The Labute approximate surface area is 178 Å². The molecule has 1 aliphatic heterocycles. The Balaban J connectivity index is 1.42. The fourth-order valence-corrected chi connectivity index (χ4v) is 4.25. The van der Waals surface area contributed by atoms with Gasteiger partial charge in [0.05, 0.1) is 21.7 Å². The van der Waals surface area contributed by atoms with Crippen LogP contribution < -0.4 is 4.90 Å². The molecule has 0 aliphatic carbocycles. The number of nitrogens with zero attached hydrogens (tertiary/aromatic N) is 5. The number of fused-ring (bicyclic) bond motifs is 1. The number of hydrogen-bond donors (Lipinski definition) is 0. The molecule has 0 unspecified atom stereocenters. The van der Waals surface area contributed by atoms with Gasteiger partial charge in [0.2, 0.25) is 5.91 Å². The fourth-order valence-electron chi connectivity index (χ4n) is 3.78. The first-order valence-electron chi connectivity index (χ1n) is 9.77. The number of hydrogen-bond acceptors (Lipinski definition) is 6. The number of anilines is 1. The smallest absolute Gasteiger partial charge is 0.269 e. The molecule has 8 nitrogen and oxygen atoms in total. The maximum atomic E-state index is 13.0. The second-order valence-electron chi connectivity index (χ2n) is 7.18. The minimum atomic E-state index is -0.397. The highest BCUT2D eigenvalue weighted by Crippen LogP contribution is 2.22. The molecule has 0 N–H and O–H groups in total. The zero-order chi connectivity index (χ0) is 21.1. The van der Waals surface area contributed by atoms with E-state index in [0.717, 1.165) is 28.3 Å². The Morgan fingerprint density at radius 3 is 2.47 bits per heavy atom. The number of thioether (sulfide) groups is 1. The number of piperazine rings is 1. The van der Waals surface area contributed by atoms with Gasteiger partial charge >= 0.3 is 0 Å². The molecule has 1 fully saturated rings. The molecule has 0 saturated carbocycles. The van der Waals surface area contributed by atoms with Crippen molar-refractivity contribution in [2.75, 3.05) is 37.3 Å². The molecule has 1 aliphatic rings. The van der Waals surface area contributed by atoms with Crippen molar-refractivity contribution in [3.8, 4) is 0 Å². The van der Waals surface area contributed by atoms with E-state index in [1.54, 1.807) is 23.9 Å². The lowest BCUT2D eigenvalue weighted by molar-refractivity contribution is -0.384. The second-order valence-corrected chi connectivity index (χ2v) is 8.04. The van der Waals surface area contributed by atoms with Gasteiger partial charge < -0.3 is 14.4 Å². The van der Waals surface area contributed by atoms with Crippen LogP contribution in [-0.4, -0.2) is 57.7 Å². The van der Waals surface area contributed by atoms with Crippen LogP contribution in [0.1, 0.15) is 5.82 Å². The van der Waals surface area contributed by atoms with Gasteiger partial charge in [0.25, 0.3) is 5.69 Å². The number of nitro benzene ring substituents is 1. The summed E-state index contributed by atoms with van der Waals surface area (Å²) < 4.78 is 2.02. The van der Waals surface area contributed by atoms with E-state index in [0.29, 0.717) is 26.2 Å². The number of aromatic nitrogens is 2. The molecular weight excluding hydrogens is 402 g/mol. The normalized spacial score (nSPS) is 14.3. The van der Waals surface area contributed by atoms with Gasteiger partial charge in [0.1, 0.15) is 12.4 Å². The first-order valence-corrected chi connectivity index (χ1v) is 11.2. The molecule has 156 valence electrons. The third-order valence-corrected chi connectivity index (χ3v) is 5.91. The van der Waals surface area contributed by atoms with E-state index in [1.807, 2.05) is 40.0 Å². The largest absolute Gasteiger partial charge is 0.368 e. The van der Waals surface area contributed by atoms with Crippen LogP contribution in [0.5, 0.6) is 0 Å². The van der Waals surface area contributed by atoms with Crippen molar-refractivity contribution in [2.24, 2.45) is 0 Å². The van der Waals surface area contributed by atoms with Crippen LogP contribution >= 0.6 is 11.8 Å². The van der Waals surface area contributed by atoms with Gasteiger partial charge in [0.15, 0.2) is 0 Å². The van der Waals surface area contributed by atoms with Gasteiger partial charge in [-0.15, -0.1) is 0 Å². The van der Waals surface area contributed by atoms with Crippen molar-refractivity contribution in [1.82, 2.24) is 14.5 Å². The molecule has 1 saturated heterocycles. The molecule has 0 radical (unpaired) electrons. The predicted molar refractivity (Wildman–Crippen MR) is 119 cm³/mol. The van der Waals surface area contributed by atoms with E-state index in [-0.39, 0.29) is 18.1 Å². The zero-order valence-corrected chi connectivity index (χ0v) is 17.5. The first-order chi connectivity index (χ1) is 14.6. The molecule has 2 heterocycles. The molecule has 0 spiro atoms. The maximum absolute atomic E-state index is 13.0. The van der Waals surface area contributed by atoms with Crippen LogP contribution in [0.25, 0.3) is 11.0 Å². The minimum absolute atomic E-state index is 0.0844. The van der Waals surface area contributed by atoms with Crippen molar-refractivity contribution < 1.29 is 9.72 Å². The van der Waals surface area contributed by atoms with Crippen LogP contribution in [0.4, 0.5) is 11.4 Å². The second kappa shape index (κ2) is 8.74. The monoisotopic (exact) mass is 425 g/mol. The molecule has 3 aromatic rings. The van der Waals surface area contributed by atoms with Crippen molar-refractivity contribution >= 4 is 40.1 Å². The number of nitro groups is 1. The maximum Gasteiger partial charge on any atom is 0.269 e. The van der Waals surface area contributed by atoms with Gasteiger partial charge in [-0.25, -0.2) is 4.98 Å². The summed E-state index contributed by atoms with van der Waals surface area (Å²) in [5.74, 6) is 1.76. The quantitative estimate of drug-likeness (QED) is 0.446. The molecular formula is C21H23N5O3S. The topological polar surface area (TPSA) is 84.5 Å². The third-order valence-electron chi connectivity index (χ3n) is 5.36. The number of carbonyl (C=O) groups is 1. The zero-order valence-electron chi connectivity index (χ0n) is 16.7. The van der Waals surface area contributed by atoms with Crippen LogP contribution in [-0.2, 0) is 17.1 Å². The average molecular weight is 426 g/mol. The number of imidazole rings is 1. The summed E-state index contributed by atoms with van der Waals surface area (Å²) in [6, 6.07) is 14.5. The Bertz CT molecular complexity index is 1060. The summed E-state index contributed by atoms with van der Waals surface area (Å²) in [4.78, 5) is 32.2. The fraction of sp³-hybridized carbons (Fsp3) is 0.333. The molecule has 30 heavy (non-hydrogen) atoms. The molecule has 0 atom stereocenters. The van der Waals surface area contributed by atoms with Crippen LogP contribution in [0.15, 0.2) is 48.5 Å². The summed E-state index contributed by atoms with van der Waals surface area (Å²) >= 11 is 1.69. The number of para-hydroxylation sites is 2. The van der Waals surface area contributed by atoms with Crippen LogP contribution in [0, 0.1) is 10.1 Å². The Hall–Kier alpha value is -3.07. The summed E-state index contributed by atoms with van der Waals surface area (Å²) in [5.41, 5.74) is 2.92. The SMILES string of the molecule is CSCc1nc2ccccc2n1CC(=O)N1CCN(c2ccc([N+](=O)[O-])cc2)CC1. The van der Waals surface area contributed by atoms with Gasteiger partial charge in [0, 0.05) is 44.0 Å². The van der Waals surface area contributed by atoms with E-state index in [4.69, 9.17) is 0 Å². The highest BCUT2D eigenvalue weighted by Gasteiger charge is 2.23. The standard InChI is InChI=1S/C21H23N5O3S/c1-30-15-20-22-18-4-2-3-5-19(18)25(20)14-21(27)24-12-10-23(11-13-24)16-6-8-17(9-7-16)26(28)29/h2-9H,10-15H2,1H3. The number of non-ortho nitro benzene ring substituents is 1. The third kappa shape index (κ3) is 4.11. The van der Waals surface area contributed by atoms with Crippen molar-refractivity contribution in [3.05, 3.63) is 64.5 Å². The van der Waals surface area contributed by atoms with Crippen LogP contribution in [0.2, 0.25) is 0 Å². The minimum Gasteiger partial charge on any atom is -0.368 e. The van der Waals surface area contributed by atoms with Gasteiger partial charge in [-0.05, 0) is 30.5 Å². The molecule has 0 bridgehead atoms. The van der Waals surface area contributed by atoms with E-state index in [2.05, 4.69) is 9.88 Å².